The summed E-state index contributed by atoms with van der Waals surface area (Å²) >= 11 is 0. The summed E-state index contributed by atoms with van der Waals surface area (Å²) in [7, 11) is 0. The van der Waals surface area contributed by atoms with E-state index in [4.69, 9.17) is 13.9 Å². The van der Waals surface area contributed by atoms with Crippen LogP contribution in [0.25, 0.3) is 12.2 Å². The lowest BCUT2D eigenvalue weighted by molar-refractivity contribution is -0.143. The second-order valence-electron chi connectivity index (χ2n) is 7.22. The van der Waals surface area contributed by atoms with Gasteiger partial charge < -0.3 is 13.9 Å². The number of benzene rings is 2. The minimum Gasteiger partial charge on any atom is -0.487 e. The summed E-state index contributed by atoms with van der Waals surface area (Å²) in [5.41, 5.74) is 3.11. The average molecular weight is 420 g/mol. The van der Waals surface area contributed by atoms with Gasteiger partial charge in [0.1, 0.15) is 24.3 Å². The van der Waals surface area contributed by atoms with Gasteiger partial charge in [0.05, 0.1) is 6.61 Å². The molecule has 3 aromatic rings. The minimum atomic E-state index is -0.101. The van der Waals surface area contributed by atoms with E-state index in [1.165, 1.54) is 5.56 Å². The van der Waals surface area contributed by atoms with E-state index in [-0.39, 0.29) is 5.97 Å². The molecule has 0 amide bonds. The predicted molar refractivity (Wildman–Crippen MR) is 121 cm³/mol. The molecule has 0 N–H and O–H groups in total. The van der Waals surface area contributed by atoms with Crippen molar-refractivity contribution in [2.75, 3.05) is 6.61 Å². The molecule has 2 aromatic carbocycles. The van der Waals surface area contributed by atoms with Crippen LogP contribution in [0.15, 0.2) is 65.3 Å². The number of esters is 1. The summed E-state index contributed by atoms with van der Waals surface area (Å²) in [6, 6.07) is 18.1. The smallest absolute Gasteiger partial charge is 0.305 e. The molecule has 5 heteroatoms. The number of aryl methyl sites for hydroxylation is 1. The highest BCUT2D eigenvalue weighted by Crippen LogP contribution is 2.17. The van der Waals surface area contributed by atoms with Crippen molar-refractivity contribution in [1.82, 2.24) is 4.98 Å². The molecule has 0 aliphatic rings. The fraction of sp³-hybridized carbons (Fsp3) is 0.308. The maximum Gasteiger partial charge on any atom is 0.305 e. The van der Waals surface area contributed by atoms with Crippen LogP contribution in [0.1, 0.15) is 55.3 Å². The highest BCUT2D eigenvalue weighted by atomic mass is 16.5. The summed E-state index contributed by atoms with van der Waals surface area (Å²) in [6.07, 6.45) is 9.88. The molecule has 0 saturated carbocycles. The highest BCUT2D eigenvalue weighted by Gasteiger charge is 2.04. The van der Waals surface area contributed by atoms with E-state index < -0.39 is 0 Å². The van der Waals surface area contributed by atoms with E-state index in [1.54, 1.807) is 6.26 Å². The number of hydrogen-bond donors (Lipinski definition) is 0. The van der Waals surface area contributed by atoms with Gasteiger partial charge in [-0.1, -0.05) is 48.9 Å². The number of carbonyl (C=O) groups is 1. The van der Waals surface area contributed by atoms with Crippen LogP contribution >= 0.6 is 0 Å². The third-order valence-electron chi connectivity index (χ3n) is 4.75. The molecule has 1 heterocycles. The lowest BCUT2D eigenvalue weighted by Crippen LogP contribution is -2.03. The van der Waals surface area contributed by atoms with Gasteiger partial charge in [0.25, 0.3) is 0 Å². The van der Waals surface area contributed by atoms with Crippen LogP contribution in [-0.2, 0) is 22.6 Å². The van der Waals surface area contributed by atoms with Crippen molar-refractivity contribution < 1.29 is 18.7 Å². The lowest BCUT2D eigenvalue weighted by atomic mass is 10.1. The second-order valence-corrected chi connectivity index (χ2v) is 7.22. The van der Waals surface area contributed by atoms with Gasteiger partial charge in [-0.3, -0.25) is 4.79 Å². The van der Waals surface area contributed by atoms with Gasteiger partial charge in [-0.15, -0.1) is 0 Å². The maximum absolute atomic E-state index is 11.3. The Labute approximate surface area is 183 Å². The van der Waals surface area contributed by atoms with Crippen molar-refractivity contribution in [3.8, 4) is 5.75 Å². The number of carbonyl (C=O) groups excluding carboxylic acids is 1. The van der Waals surface area contributed by atoms with Gasteiger partial charge in [-0.05, 0) is 55.5 Å². The van der Waals surface area contributed by atoms with Crippen molar-refractivity contribution in [1.29, 1.82) is 0 Å². The molecule has 3 rings (SSSR count). The van der Waals surface area contributed by atoms with Crippen LogP contribution in [0.4, 0.5) is 0 Å². The third kappa shape index (κ3) is 8.13. The van der Waals surface area contributed by atoms with E-state index in [1.807, 2.05) is 61.5 Å². The SMILES string of the molecule is CCOC(=O)CCCCCc1ccc(OCc2coc(/C=C/c3ccccc3)n2)cc1. The van der Waals surface area contributed by atoms with Gasteiger partial charge in [0.15, 0.2) is 0 Å². The molecule has 0 saturated heterocycles. The fourth-order valence-electron chi connectivity index (χ4n) is 3.12. The topological polar surface area (TPSA) is 61.6 Å². The zero-order valence-corrected chi connectivity index (χ0v) is 18.0. The molecule has 0 aliphatic heterocycles. The molecule has 0 spiro atoms. The first-order valence-corrected chi connectivity index (χ1v) is 10.8. The van der Waals surface area contributed by atoms with Gasteiger partial charge in [-0.25, -0.2) is 4.98 Å². The fourth-order valence-corrected chi connectivity index (χ4v) is 3.12. The number of rotatable bonds is 12. The molecule has 0 unspecified atom stereocenters. The molecular formula is C26H29NO4. The molecule has 0 radical (unpaired) electrons. The van der Waals surface area contributed by atoms with Crippen molar-refractivity contribution in [3.63, 3.8) is 0 Å². The zero-order valence-electron chi connectivity index (χ0n) is 18.0. The molecule has 0 bridgehead atoms. The molecule has 31 heavy (non-hydrogen) atoms. The Kier molecular flexibility index (Phi) is 8.92. The summed E-state index contributed by atoms with van der Waals surface area (Å²) < 4.78 is 16.2. The van der Waals surface area contributed by atoms with Crippen LogP contribution in [0, 0.1) is 0 Å². The van der Waals surface area contributed by atoms with Crippen LogP contribution in [0.5, 0.6) is 5.75 Å². The third-order valence-corrected chi connectivity index (χ3v) is 4.75. The van der Waals surface area contributed by atoms with Gasteiger partial charge >= 0.3 is 5.97 Å². The normalized spacial score (nSPS) is 11.0. The number of unbranched alkanes of at least 4 members (excludes halogenated alkanes) is 2. The quantitative estimate of drug-likeness (QED) is 0.263. The van der Waals surface area contributed by atoms with Crippen molar-refractivity contribution in [2.24, 2.45) is 0 Å². The first kappa shape index (κ1) is 22.3. The summed E-state index contributed by atoms with van der Waals surface area (Å²) in [4.78, 5) is 15.7. The minimum absolute atomic E-state index is 0.101. The van der Waals surface area contributed by atoms with Crippen LogP contribution in [0.3, 0.4) is 0 Å². The molecule has 0 aliphatic carbocycles. The number of aromatic nitrogens is 1. The van der Waals surface area contributed by atoms with Gasteiger partial charge in [-0.2, -0.15) is 0 Å². The second kappa shape index (κ2) is 12.4. The Balaban J connectivity index is 1.37. The van der Waals surface area contributed by atoms with E-state index in [9.17, 15) is 4.79 Å². The average Bonchev–Trinajstić information content (AvgIpc) is 3.26. The summed E-state index contributed by atoms with van der Waals surface area (Å²) in [5, 5.41) is 0. The Morgan fingerprint density at radius 2 is 1.81 bits per heavy atom. The zero-order chi connectivity index (χ0) is 21.7. The van der Waals surface area contributed by atoms with E-state index in [2.05, 4.69) is 17.1 Å². The lowest BCUT2D eigenvalue weighted by Gasteiger charge is -2.06. The largest absolute Gasteiger partial charge is 0.487 e. The van der Waals surface area contributed by atoms with Crippen LogP contribution in [-0.4, -0.2) is 17.6 Å². The first-order chi connectivity index (χ1) is 15.2. The molecule has 1 aromatic heterocycles. The number of nitrogens with zero attached hydrogens (tertiary/aromatic N) is 1. The molecule has 0 fully saturated rings. The van der Waals surface area contributed by atoms with E-state index in [0.29, 0.717) is 25.5 Å². The number of ether oxygens (including phenoxy) is 2. The molecular weight excluding hydrogens is 390 g/mol. The van der Waals surface area contributed by atoms with Gasteiger partial charge in [0, 0.05) is 12.5 Å². The predicted octanol–water partition coefficient (Wildman–Crippen LogP) is 6.09. The van der Waals surface area contributed by atoms with Crippen LogP contribution < -0.4 is 4.74 Å². The summed E-state index contributed by atoms with van der Waals surface area (Å²) in [6.45, 7) is 2.64. The standard InChI is InChI=1S/C26H29NO4/c1-2-29-26(28)12-8-4-7-11-22-13-16-24(17-14-22)30-19-23-20-31-25(27-23)18-15-21-9-5-3-6-10-21/h3,5-6,9-10,13-18,20H,2,4,7-8,11-12,19H2,1H3/b18-15+. The Bertz CT molecular complexity index is 945. The van der Waals surface area contributed by atoms with Crippen molar-refractivity contribution >= 4 is 18.1 Å². The van der Waals surface area contributed by atoms with Crippen molar-refractivity contribution in [2.45, 2.75) is 45.6 Å². The highest BCUT2D eigenvalue weighted by molar-refractivity contribution is 5.69. The molecule has 162 valence electrons. The first-order valence-electron chi connectivity index (χ1n) is 10.8. The van der Waals surface area contributed by atoms with Gasteiger partial charge in [0.2, 0.25) is 5.89 Å². The Hall–Kier alpha value is -3.34. The summed E-state index contributed by atoms with van der Waals surface area (Å²) in [5.74, 6) is 1.26. The van der Waals surface area contributed by atoms with Crippen molar-refractivity contribution in [3.05, 3.63) is 83.6 Å². The maximum atomic E-state index is 11.3. The monoisotopic (exact) mass is 419 g/mol. The Morgan fingerprint density at radius 3 is 2.58 bits per heavy atom. The number of hydrogen-bond acceptors (Lipinski definition) is 5. The van der Waals surface area contributed by atoms with E-state index >= 15 is 0 Å². The van der Waals surface area contributed by atoms with E-state index in [0.717, 1.165) is 42.7 Å². The molecule has 0 atom stereocenters. The molecule has 5 nitrogen and oxygen atoms in total. The van der Waals surface area contributed by atoms with Crippen LogP contribution in [0.2, 0.25) is 0 Å². The Morgan fingerprint density at radius 1 is 1.00 bits per heavy atom. The number of oxazole rings is 1.